The third kappa shape index (κ3) is 4.06. The quantitative estimate of drug-likeness (QED) is 0.693. The summed E-state index contributed by atoms with van der Waals surface area (Å²) in [5.41, 5.74) is 1.31. The number of hydrogen-bond donors (Lipinski definition) is 3. The molecule has 0 aromatic heterocycles. The largest absolute Gasteiger partial charge is 0.478 e. The zero-order valence-corrected chi connectivity index (χ0v) is 15.9. The van der Waals surface area contributed by atoms with Crippen LogP contribution in [-0.4, -0.2) is 53.5 Å². The Morgan fingerprint density at radius 3 is 2.25 bits per heavy atom. The first kappa shape index (κ1) is 20.0. The Kier molecular flexibility index (Phi) is 5.50. The first-order chi connectivity index (χ1) is 13.2. The molecule has 2 aromatic carbocycles. The molecule has 148 valence electrons. The van der Waals surface area contributed by atoms with Gasteiger partial charge in [-0.1, -0.05) is 17.7 Å². The van der Waals surface area contributed by atoms with E-state index in [0.29, 0.717) is 5.69 Å². The molecule has 0 aliphatic carbocycles. The molecule has 1 heterocycles. The van der Waals surface area contributed by atoms with E-state index in [1.54, 1.807) is 12.1 Å². The molecule has 2 aromatic rings. The molecule has 1 amide bonds. The molecule has 28 heavy (non-hydrogen) atoms. The molecule has 1 unspecified atom stereocenters. The van der Waals surface area contributed by atoms with Gasteiger partial charge < -0.3 is 15.5 Å². The minimum absolute atomic E-state index is 0.0237. The molecular formula is C19H20N2O6S. The van der Waals surface area contributed by atoms with Gasteiger partial charge in [0.05, 0.1) is 16.6 Å². The zero-order valence-electron chi connectivity index (χ0n) is 15.1. The van der Waals surface area contributed by atoms with Crippen LogP contribution in [0.2, 0.25) is 0 Å². The number of amides is 1. The number of anilines is 1. The third-order valence-corrected chi connectivity index (χ3v) is 6.45. The number of aromatic carboxylic acids is 1. The Bertz CT molecular complexity index is 986. The van der Waals surface area contributed by atoms with Crippen molar-refractivity contribution in [3.8, 4) is 0 Å². The Morgan fingerprint density at radius 2 is 1.68 bits per heavy atom. The fraction of sp³-hybridized carbons (Fsp3) is 0.263. The molecule has 1 aliphatic rings. The van der Waals surface area contributed by atoms with Crippen LogP contribution in [0.3, 0.4) is 0 Å². The molecule has 2 atom stereocenters. The first-order valence-electron chi connectivity index (χ1n) is 8.59. The summed E-state index contributed by atoms with van der Waals surface area (Å²) in [6, 6.07) is 10.7. The van der Waals surface area contributed by atoms with E-state index < -0.39 is 34.0 Å². The SMILES string of the molecule is Cc1ccc(S(=O)(=O)N2CC(O)C[C@H]2C(=O)Nc2ccc(C(=O)O)cc2)cc1. The summed E-state index contributed by atoms with van der Waals surface area (Å²) in [6.07, 6.45) is -0.977. The number of carbonyl (C=O) groups is 2. The van der Waals surface area contributed by atoms with Crippen LogP contribution in [0.25, 0.3) is 0 Å². The lowest BCUT2D eigenvalue weighted by molar-refractivity contribution is -0.119. The van der Waals surface area contributed by atoms with Crippen molar-refractivity contribution in [2.24, 2.45) is 0 Å². The minimum atomic E-state index is -3.96. The molecule has 1 fully saturated rings. The number of aryl methyl sites for hydroxylation is 1. The summed E-state index contributed by atoms with van der Waals surface area (Å²) >= 11 is 0. The van der Waals surface area contributed by atoms with E-state index in [1.165, 1.54) is 36.4 Å². The molecule has 0 radical (unpaired) electrons. The number of nitrogens with one attached hydrogen (secondary N) is 1. The van der Waals surface area contributed by atoms with Gasteiger partial charge in [-0.15, -0.1) is 0 Å². The molecule has 8 nitrogen and oxygen atoms in total. The maximum Gasteiger partial charge on any atom is 0.335 e. The molecule has 9 heteroatoms. The van der Waals surface area contributed by atoms with E-state index in [4.69, 9.17) is 5.11 Å². The number of aliphatic hydroxyl groups excluding tert-OH is 1. The highest BCUT2D eigenvalue weighted by molar-refractivity contribution is 7.89. The molecule has 3 rings (SSSR count). The van der Waals surface area contributed by atoms with E-state index in [-0.39, 0.29) is 23.4 Å². The second-order valence-corrected chi connectivity index (χ2v) is 8.56. The Labute approximate surface area is 162 Å². The number of carboxylic acids is 1. The fourth-order valence-electron chi connectivity index (χ4n) is 3.06. The second-order valence-electron chi connectivity index (χ2n) is 6.66. The molecule has 1 aliphatic heterocycles. The first-order valence-corrected chi connectivity index (χ1v) is 10.0. The lowest BCUT2D eigenvalue weighted by atomic mass is 10.1. The van der Waals surface area contributed by atoms with Crippen molar-refractivity contribution >= 4 is 27.6 Å². The van der Waals surface area contributed by atoms with E-state index in [2.05, 4.69) is 5.32 Å². The van der Waals surface area contributed by atoms with Crippen molar-refractivity contribution in [3.05, 3.63) is 59.7 Å². The van der Waals surface area contributed by atoms with Gasteiger partial charge >= 0.3 is 5.97 Å². The number of carboxylic acid groups (broad SMARTS) is 1. The van der Waals surface area contributed by atoms with Crippen LogP contribution in [0, 0.1) is 6.92 Å². The highest BCUT2D eigenvalue weighted by Crippen LogP contribution is 2.27. The van der Waals surface area contributed by atoms with Crippen molar-refractivity contribution in [2.75, 3.05) is 11.9 Å². The molecule has 0 spiro atoms. The average Bonchev–Trinajstić information content (AvgIpc) is 3.05. The van der Waals surface area contributed by atoms with Crippen molar-refractivity contribution in [2.45, 2.75) is 30.4 Å². The summed E-state index contributed by atoms with van der Waals surface area (Å²) in [4.78, 5) is 23.6. The van der Waals surface area contributed by atoms with E-state index >= 15 is 0 Å². The molecular weight excluding hydrogens is 384 g/mol. The van der Waals surface area contributed by atoms with Gasteiger partial charge in [0.2, 0.25) is 15.9 Å². The van der Waals surface area contributed by atoms with E-state index in [1.807, 2.05) is 6.92 Å². The van der Waals surface area contributed by atoms with Gasteiger partial charge in [0.1, 0.15) is 6.04 Å². The van der Waals surface area contributed by atoms with Crippen molar-refractivity contribution in [1.29, 1.82) is 0 Å². The van der Waals surface area contributed by atoms with Crippen LogP contribution in [-0.2, 0) is 14.8 Å². The summed E-state index contributed by atoms with van der Waals surface area (Å²) in [7, 11) is -3.96. The predicted octanol–water partition coefficient (Wildman–Crippen LogP) is 1.46. The van der Waals surface area contributed by atoms with Gasteiger partial charge in [-0.3, -0.25) is 4.79 Å². The number of β-amino-alcohol motifs (C(OH)–C–C–N with tert-alkyl or cyclic N) is 1. The Balaban J connectivity index is 1.82. The number of benzene rings is 2. The van der Waals surface area contributed by atoms with Gasteiger partial charge in [0.15, 0.2) is 0 Å². The number of rotatable bonds is 5. The number of sulfonamides is 1. The fourth-order valence-corrected chi connectivity index (χ4v) is 4.69. The Hall–Kier alpha value is -2.75. The van der Waals surface area contributed by atoms with E-state index in [0.717, 1.165) is 9.87 Å². The summed E-state index contributed by atoms with van der Waals surface area (Å²) in [6.45, 7) is 1.66. The second kappa shape index (κ2) is 7.70. The normalized spacial score (nSPS) is 20.1. The summed E-state index contributed by atoms with van der Waals surface area (Å²) in [5, 5.41) is 21.5. The van der Waals surface area contributed by atoms with Crippen molar-refractivity contribution in [1.82, 2.24) is 4.31 Å². The van der Waals surface area contributed by atoms with Crippen LogP contribution >= 0.6 is 0 Å². The van der Waals surface area contributed by atoms with Gasteiger partial charge in [-0.05, 0) is 43.3 Å². The number of carbonyl (C=O) groups excluding carboxylic acids is 1. The van der Waals surface area contributed by atoms with Crippen LogP contribution in [0.4, 0.5) is 5.69 Å². The van der Waals surface area contributed by atoms with E-state index in [9.17, 15) is 23.1 Å². The predicted molar refractivity (Wildman–Crippen MR) is 102 cm³/mol. The summed E-state index contributed by atoms with van der Waals surface area (Å²) < 4.78 is 26.9. The third-order valence-electron chi connectivity index (χ3n) is 4.56. The standard InChI is InChI=1S/C19H20N2O6S/c1-12-2-8-16(9-3-12)28(26,27)21-11-15(22)10-17(21)18(23)20-14-6-4-13(5-7-14)19(24)25/h2-9,15,17,22H,10-11H2,1H3,(H,20,23)(H,24,25)/t15?,17-/m0/s1. The highest BCUT2D eigenvalue weighted by atomic mass is 32.2. The summed E-state index contributed by atoms with van der Waals surface area (Å²) in [5.74, 6) is -1.68. The topological polar surface area (TPSA) is 124 Å². The lowest BCUT2D eigenvalue weighted by Gasteiger charge is -2.23. The van der Waals surface area contributed by atoms with Crippen LogP contribution in [0.5, 0.6) is 0 Å². The number of nitrogens with zero attached hydrogens (tertiary/aromatic N) is 1. The van der Waals surface area contributed by atoms with Crippen molar-refractivity contribution < 1.29 is 28.2 Å². The monoisotopic (exact) mass is 404 g/mol. The van der Waals surface area contributed by atoms with Gasteiger partial charge in [0.25, 0.3) is 0 Å². The molecule has 0 bridgehead atoms. The number of aliphatic hydroxyl groups is 1. The highest BCUT2D eigenvalue weighted by Gasteiger charge is 2.43. The number of hydrogen-bond acceptors (Lipinski definition) is 5. The minimum Gasteiger partial charge on any atom is -0.478 e. The molecule has 3 N–H and O–H groups in total. The van der Waals surface area contributed by atoms with Crippen LogP contribution in [0.1, 0.15) is 22.3 Å². The van der Waals surface area contributed by atoms with Crippen LogP contribution in [0.15, 0.2) is 53.4 Å². The van der Waals surface area contributed by atoms with Gasteiger partial charge in [0, 0.05) is 18.7 Å². The molecule has 1 saturated heterocycles. The lowest BCUT2D eigenvalue weighted by Crippen LogP contribution is -2.43. The Morgan fingerprint density at radius 1 is 1.07 bits per heavy atom. The van der Waals surface area contributed by atoms with Gasteiger partial charge in [-0.2, -0.15) is 4.31 Å². The maximum atomic E-state index is 12.9. The zero-order chi connectivity index (χ0) is 20.5. The average molecular weight is 404 g/mol. The maximum absolute atomic E-state index is 12.9. The molecule has 0 saturated carbocycles. The van der Waals surface area contributed by atoms with Gasteiger partial charge in [-0.25, -0.2) is 13.2 Å². The van der Waals surface area contributed by atoms with Crippen molar-refractivity contribution in [3.63, 3.8) is 0 Å². The smallest absolute Gasteiger partial charge is 0.335 e. The van der Waals surface area contributed by atoms with Crippen LogP contribution < -0.4 is 5.32 Å².